The first-order chi connectivity index (χ1) is 10.5. The Hall–Kier alpha value is -2.70. The molecule has 2 rings (SSSR count). The summed E-state index contributed by atoms with van der Waals surface area (Å²) in [6.07, 6.45) is 3.06. The molecule has 22 heavy (non-hydrogen) atoms. The van der Waals surface area contributed by atoms with Gasteiger partial charge in [0.1, 0.15) is 5.82 Å². The van der Waals surface area contributed by atoms with Crippen molar-refractivity contribution < 1.29 is 14.0 Å². The lowest BCUT2D eigenvalue weighted by molar-refractivity contribution is 0.0927. The normalized spacial score (nSPS) is 10.3. The first-order valence-electron chi connectivity index (χ1n) is 6.78. The summed E-state index contributed by atoms with van der Waals surface area (Å²) in [4.78, 5) is 23.6. The molecule has 0 saturated heterocycles. The van der Waals surface area contributed by atoms with E-state index in [-0.39, 0.29) is 30.5 Å². The zero-order valence-corrected chi connectivity index (χ0v) is 12.4. The van der Waals surface area contributed by atoms with Crippen molar-refractivity contribution in [2.45, 2.75) is 6.92 Å². The van der Waals surface area contributed by atoms with Gasteiger partial charge in [0.15, 0.2) is 0 Å². The van der Waals surface area contributed by atoms with Gasteiger partial charge in [-0.05, 0) is 24.6 Å². The molecule has 2 amide bonds. The van der Waals surface area contributed by atoms with Crippen molar-refractivity contribution >= 4 is 11.8 Å². The molecule has 0 saturated carbocycles. The van der Waals surface area contributed by atoms with Gasteiger partial charge < -0.3 is 10.6 Å². The Bertz CT molecular complexity index is 697. The fourth-order valence-electron chi connectivity index (χ4n) is 1.83. The highest BCUT2D eigenvalue weighted by molar-refractivity contribution is 5.95. The molecule has 1 heterocycles. The van der Waals surface area contributed by atoms with Crippen LogP contribution in [0.25, 0.3) is 0 Å². The molecule has 0 fully saturated rings. The molecule has 6 nitrogen and oxygen atoms in total. The van der Waals surface area contributed by atoms with Crippen molar-refractivity contribution in [1.82, 2.24) is 20.4 Å². The monoisotopic (exact) mass is 304 g/mol. The minimum absolute atomic E-state index is 0.250. The smallest absolute Gasteiger partial charge is 0.254 e. The Balaban J connectivity index is 1.77. The van der Waals surface area contributed by atoms with Crippen molar-refractivity contribution in [2.24, 2.45) is 7.05 Å². The lowest BCUT2D eigenvalue weighted by atomic mass is 10.1. The first kappa shape index (κ1) is 15.7. The number of aryl methyl sites for hydroxylation is 2. The van der Waals surface area contributed by atoms with Crippen LogP contribution in [-0.4, -0.2) is 34.7 Å². The summed E-state index contributed by atoms with van der Waals surface area (Å²) < 4.78 is 14.9. The van der Waals surface area contributed by atoms with E-state index in [1.165, 1.54) is 16.9 Å². The highest BCUT2D eigenvalue weighted by Gasteiger charge is 2.09. The van der Waals surface area contributed by atoms with E-state index in [1.54, 1.807) is 32.3 Å². The van der Waals surface area contributed by atoms with Gasteiger partial charge in [-0.1, -0.05) is 6.07 Å². The molecule has 0 unspecified atom stereocenters. The lowest BCUT2D eigenvalue weighted by Gasteiger charge is -2.07. The van der Waals surface area contributed by atoms with Gasteiger partial charge in [-0.25, -0.2) is 4.39 Å². The molecule has 0 aliphatic heterocycles. The molecule has 0 radical (unpaired) electrons. The number of nitrogens with one attached hydrogen (secondary N) is 2. The summed E-state index contributed by atoms with van der Waals surface area (Å²) in [5.41, 5.74) is 1.19. The summed E-state index contributed by atoms with van der Waals surface area (Å²) in [5, 5.41) is 9.17. The molecule has 2 N–H and O–H groups in total. The van der Waals surface area contributed by atoms with Crippen LogP contribution in [0.3, 0.4) is 0 Å². The Labute approximate surface area is 127 Å². The van der Waals surface area contributed by atoms with E-state index in [1.807, 2.05) is 0 Å². The van der Waals surface area contributed by atoms with Gasteiger partial charge in [0.05, 0.1) is 11.8 Å². The van der Waals surface area contributed by atoms with Crippen molar-refractivity contribution in [1.29, 1.82) is 0 Å². The second kappa shape index (κ2) is 6.84. The van der Waals surface area contributed by atoms with E-state index in [0.29, 0.717) is 11.1 Å². The van der Waals surface area contributed by atoms with Gasteiger partial charge >= 0.3 is 0 Å². The quantitative estimate of drug-likeness (QED) is 0.810. The van der Waals surface area contributed by atoms with Crippen LogP contribution in [0.15, 0.2) is 30.6 Å². The minimum Gasteiger partial charge on any atom is -0.350 e. The standard InChI is InChI=1S/C15H17FN4O2/c1-10-3-4-11(7-13(10)16)14(21)17-5-6-18-15(22)12-8-19-20(2)9-12/h3-4,7-9H,5-6H2,1-2H3,(H,17,21)(H,18,22). The van der Waals surface area contributed by atoms with E-state index in [4.69, 9.17) is 0 Å². The number of rotatable bonds is 5. The Kier molecular flexibility index (Phi) is 4.88. The average Bonchev–Trinajstić information content (AvgIpc) is 2.92. The SMILES string of the molecule is Cc1ccc(C(=O)NCCNC(=O)c2cnn(C)c2)cc1F. The fourth-order valence-corrected chi connectivity index (χ4v) is 1.83. The molecule has 0 atom stereocenters. The van der Waals surface area contributed by atoms with Crippen LogP contribution in [0.4, 0.5) is 4.39 Å². The van der Waals surface area contributed by atoms with Crippen LogP contribution in [0.5, 0.6) is 0 Å². The number of carbonyl (C=O) groups is 2. The van der Waals surface area contributed by atoms with Crippen molar-refractivity contribution in [3.05, 3.63) is 53.1 Å². The molecule has 0 aliphatic rings. The summed E-state index contributed by atoms with van der Waals surface area (Å²) in [6, 6.07) is 4.30. The van der Waals surface area contributed by atoms with Gasteiger partial charge in [-0.3, -0.25) is 14.3 Å². The van der Waals surface area contributed by atoms with Crippen LogP contribution in [0.1, 0.15) is 26.3 Å². The topological polar surface area (TPSA) is 76.0 Å². The van der Waals surface area contributed by atoms with Crippen molar-refractivity contribution in [2.75, 3.05) is 13.1 Å². The summed E-state index contributed by atoms with van der Waals surface area (Å²) >= 11 is 0. The highest BCUT2D eigenvalue weighted by atomic mass is 19.1. The highest BCUT2D eigenvalue weighted by Crippen LogP contribution is 2.08. The van der Waals surface area contributed by atoms with Crippen LogP contribution in [-0.2, 0) is 7.05 Å². The summed E-state index contributed by atoms with van der Waals surface area (Å²) in [7, 11) is 1.72. The molecule has 116 valence electrons. The predicted octanol–water partition coefficient (Wildman–Crippen LogP) is 1.03. The number of hydrogen-bond donors (Lipinski definition) is 2. The molecule has 1 aromatic carbocycles. The third-order valence-corrected chi connectivity index (χ3v) is 3.10. The third kappa shape index (κ3) is 3.91. The molecular weight excluding hydrogens is 287 g/mol. The van der Waals surface area contributed by atoms with Crippen LogP contribution >= 0.6 is 0 Å². The molecule has 0 bridgehead atoms. The number of amides is 2. The Morgan fingerprint density at radius 1 is 1.18 bits per heavy atom. The van der Waals surface area contributed by atoms with Crippen LogP contribution < -0.4 is 10.6 Å². The number of aromatic nitrogens is 2. The summed E-state index contributed by atoms with van der Waals surface area (Å²) in [6.45, 7) is 2.15. The van der Waals surface area contributed by atoms with Gasteiger partial charge in [0.25, 0.3) is 11.8 Å². The second-order valence-corrected chi connectivity index (χ2v) is 4.88. The average molecular weight is 304 g/mol. The van der Waals surface area contributed by atoms with Gasteiger partial charge in [0, 0.05) is 31.9 Å². The number of nitrogens with zero attached hydrogens (tertiary/aromatic N) is 2. The van der Waals surface area contributed by atoms with Gasteiger partial charge in [-0.2, -0.15) is 5.10 Å². The summed E-state index contributed by atoms with van der Waals surface area (Å²) in [5.74, 6) is -1.06. The number of halogens is 1. The molecule has 0 spiro atoms. The number of hydrogen-bond acceptors (Lipinski definition) is 3. The van der Waals surface area contributed by atoms with Gasteiger partial charge in [-0.15, -0.1) is 0 Å². The second-order valence-electron chi connectivity index (χ2n) is 4.88. The zero-order valence-electron chi connectivity index (χ0n) is 12.4. The number of benzene rings is 1. The molecule has 1 aromatic heterocycles. The maximum absolute atomic E-state index is 13.4. The molecular formula is C15H17FN4O2. The van der Waals surface area contributed by atoms with E-state index < -0.39 is 5.82 Å². The van der Waals surface area contributed by atoms with E-state index in [9.17, 15) is 14.0 Å². The third-order valence-electron chi connectivity index (χ3n) is 3.10. The Morgan fingerprint density at radius 3 is 2.36 bits per heavy atom. The van der Waals surface area contributed by atoms with E-state index in [0.717, 1.165) is 0 Å². The Morgan fingerprint density at radius 2 is 1.82 bits per heavy atom. The largest absolute Gasteiger partial charge is 0.350 e. The van der Waals surface area contributed by atoms with E-state index >= 15 is 0 Å². The molecule has 2 aromatic rings. The predicted molar refractivity (Wildman–Crippen MR) is 79.0 cm³/mol. The maximum Gasteiger partial charge on any atom is 0.254 e. The molecule has 0 aliphatic carbocycles. The lowest BCUT2D eigenvalue weighted by Crippen LogP contribution is -2.34. The van der Waals surface area contributed by atoms with Crippen LogP contribution in [0, 0.1) is 12.7 Å². The van der Waals surface area contributed by atoms with Crippen molar-refractivity contribution in [3.8, 4) is 0 Å². The molecule has 7 heteroatoms. The first-order valence-corrected chi connectivity index (χ1v) is 6.78. The zero-order chi connectivity index (χ0) is 16.1. The van der Waals surface area contributed by atoms with Crippen molar-refractivity contribution in [3.63, 3.8) is 0 Å². The fraction of sp³-hybridized carbons (Fsp3) is 0.267. The number of carbonyl (C=O) groups excluding carboxylic acids is 2. The van der Waals surface area contributed by atoms with Crippen LogP contribution in [0.2, 0.25) is 0 Å². The minimum atomic E-state index is -0.419. The van der Waals surface area contributed by atoms with E-state index in [2.05, 4.69) is 15.7 Å². The maximum atomic E-state index is 13.4. The van der Waals surface area contributed by atoms with Gasteiger partial charge in [0.2, 0.25) is 0 Å².